The first kappa shape index (κ1) is 33.2. The normalized spacial score (nSPS) is 11.2. The van der Waals surface area contributed by atoms with Gasteiger partial charge in [0.05, 0.1) is 16.7 Å². The van der Waals surface area contributed by atoms with Gasteiger partial charge in [-0.1, -0.05) is 176 Å². The molecule has 0 aliphatic carbocycles. The van der Waals surface area contributed by atoms with Crippen LogP contribution in [0.4, 0.5) is 17.1 Å². The number of rotatable bonds is 8. The Morgan fingerprint density at radius 3 is 1.32 bits per heavy atom. The van der Waals surface area contributed by atoms with Gasteiger partial charge in [0.15, 0.2) is 0 Å². The van der Waals surface area contributed by atoms with Crippen LogP contribution in [0.1, 0.15) is 0 Å². The molecule has 2 nitrogen and oxygen atoms in total. The Labute approximate surface area is 327 Å². The van der Waals surface area contributed by atoms with Crippen molar-refractivity contribution in [3.05, 3.63) is 231 Å². The second-order valence-electron chi connectivity index (χ2n) is 14.1. The first-order valence-corrected chi connectivity index (χ1v) is 19.2. The van der Waals surface area contributed by atoms with Gasteiger partial charge in [0.1, 0.15) is 0 Å². The van der Waals surface area contributed by atoms with E-state index in [1.165, 1.54) is 60.8 Å². The lowest BCUT2D eigenvalue weighted by atomic mass is 9.92. The van der Waals surface area contributed by atoms with Crippen LogP contribution in [0, 0.1) is 0 Å². The summed E-state index contributed by atoms with van der Waals surface area (Å²) in [6, 6.07) is 83.0. The molecule has 10 rings (SSSR count). The third kappa shape index (κ3) is 6.04. The van der Waals surface area contributed by atoms with E-state index in [-0.39, 0.29) is 0 Å². The summed E-state index contributed by atoms with van der Waals surface area (Å²) < 4.78 is 2.44. The van der Waals surface area contributed by atoms with Crippen LogP contribution >= 0.6 is 0 Å². The number of fused-ring (bicyclic) bond motifs is 3. The highest BCUT2D eigenvalue weighted by atomic mass is 15.1. The SMILES string of the molecule is c1ccc(-c2ccc(N(c3ccc(-c4cccc(-n5c6ccccc6c6ccccc65)c4-c4ccccc4)cc3)c3cccc(-c4ccccc4)c3)cc2)cc1. The molecule has 0 fully saturated rings. The van der Waals surface area contributed by atoms with Crippen molar-refractivity contribution in [2.75, 3.05) is 4.90 Å². The maximum absolute atomic E-state index is 2.44. The van der Waals surface area contributed by atoms with E-state index in [1.807, 2.05) is 0 Å². The molecular formula is C54H38N2. The predicted octanol–water partition coefficient (Wildman–Crippen LogP) is 14.9. The highest BCUT2D eigenvalue weighted by molar-refractivity contribution is 6.10. The molecule has 56 heavy (non-hydrogen) atoms. The van der Waals surface area contributed by atoms with Crippen LogP contribution < -0.4 is 4.90 Å². The zero-order valence-electron chi connectivity index (χ0n) is 30.8. The Balaban J connectivity index is 1.12. The summed E-state index contributed by atoms with van der Waals surface area (Å²) >= 11 is 0. The van der Waals surface area contributed by atoms with E-state index in [0.29, 0.717) is 0 Å². The van der Waals surface area contributed by atoms with Crippen LogP contribution in [0.25, 0.3) is 72.0 Å². The van der Waals surface area contributed by atoms with E-state index >= 15 is 0 Å². The van der Waals surface area contributed by atoms with E-state index in [1.54, 1.807) is 0 Å². The summed E-state index contributed by atoms with van der Waals surface area (Å²) in [5.41, 5.74) is 16.4. The van der Waals surface area contributed by atoms with Crippen molar-refractivity contribution in [1.29, 1.82) is 0 Å². The van der Waals surface area contributed by atoms with Gasteiger partial charge in [0, 0.05) is 33.4 Å². The molecular weight excluding hydrogens is 677 g/mol. The number of aromatic nitrogens is 1. The molecule has 264 valence electrons. The molecule has 0 unspecified atom stereocenters. The van der Waals surface area contributed by atoms with Gasteiger partial charge >= 0.3 is 0 Å². The van der Waals surface area contributed by atoms with Crippen LogP contribution in [0.2, 0.25) is 0 Å². The molecule has 0 atom stereocenters. The van der Waals surface area contributed by atoms with E-state index in [0.717, 1.165) is 28.3 Å². The summed E-state index contributed by atoms with van der Waals surface area (Å²) in [7, 11) is 0. The lowest BCUT2D eigenvalue weighted by Crippen LogP contribution is -2.10. The third-order valence-electron chi connectivity index (χ3n) is 10.8. The monoisotopic (exact) mass is 714 g/mol. The summed E-state index contributed by atoms with van der Waals surface area (Å²) in [6.07, 6.45) is 0. The molecule has 0 bridgehead atoms. The van der Waals surface area contributed by atoms with Gasteiger partial charge in [0.25, 0.3) is 0 Å². The van der Waals surface area contributed by atoms with E-state index in [4.69, 9.17) is 0 Å². The van der Waals surface area contributed by atoms with Crippen molar-refractivity contribution in [3.8, 4) is 50.2 Å². The van der Waals surface area contributed by atoms with Gasteiger partial charge in [-0.15, -0.1) is 0 Å². The smallest absolute Gasteiger partial charge is 0.0546 e. The maximum atomic E-state index is 2.44. The minimum atomic E-state index is 1.09. The van der Waals surface area contributed by atoms with E-state index in [2.05, 4.69) is 240 Å². The van der Waals surface area contributed by atoms with Crippen molar-refractivity contribution in [2.24, 2.45) is 0 Å². The van der Waals surface area contributed by atoms with Crippen molar-refractivity contribution >= 4 is 38.9 Å². The van der Waals surface area contributed by atoms with Gasteiger partial charge in [-0.05, 0) is 93.5 Å². The molecule has 10 aromatic rings. The number of hydrogen-bond acceptors (Lipinski definition) is 1. The van der Waals surface area contributed by atoms with Crippen molar-refractivity contribution in [1.82, 2.24) is 4.57 Å². The lowest BCUT2D eigenvalue weighted by molar-refractivity contribution is 1.18. The maximum Gasteiger partial charge on any atom is 0.0546 e. The minimum Gasteiger partial charge on any atom is -0.310 e. The van der Waals surface area contributed by atoms with E-state index < -0.39 is 0 Å². The van der Waals surface area contributed by atoms with Gasteiger partial charge in [-0.3, -0.25) is 0 Å². The lowest BCUT2D eigenvalue weighted by Gasteiger charge is -2.27. The largest absolute Gasteiger partial charge is 0.310 e. The molecule has 0 aliphatic heterocycles. The fraction of sp³-hybridized carbons (Fsp3) is 0. The second-order valence-corrected chi connectivity index (χ2v) is 14.1. The van der Waals surface area contributed by atoms with Crippen LogP contribution in [0.3, 0.4) is 0 Å². The van der Waals surface area contributed by atoms with E-state index in [9.17, 15) is 0 Å². The number of hydrogen-bond donors (Lipinski definition) is 0. The zero-order valence-corrected chi connectivity index (χ0v) is 30.8. The summed E-state index contributed by atoms with van der Waals surface area (Å²) in [4.78, 5) is 2.36. The second kappa shape index (κ2) is 14.4. The van der Waals surface area contributed by atoms with Crippen molar-refractivity contribution in [2.45, 2.75) is 0 Å². The summed E-state index contributed by atoms with van der Waals surface area (Å²) in [6.45, 7) is 0. The zero-order chi connectivity index (χ0) is 37.3. The summed E-state index contributed by atoms with van der Waals surface area (Å²) in [5, 5.41) is 2.51. The van der Waals surface area contributed by atoms with Gasteiger partial charge in [-0.2, -0.15) is 0 Å². The number of benzene rings is 9. The highest BCUT2D eigenvalue weighted by Gasteiger charge is 2.20. The Bertz CT molecular complexity index is 2870. The van der Waals surface area contributed by atoms with Crippen LogP contribution in [0.5, 0.6) is 0 Å². The highest BCUT2D eigenvalue weighted by Crippen LogP contribution is 2.43. The fourth-order valence-corrected chi connectivity index (χ4v) is 8.18. The van der Waals surface area contributed by atoms with Gasteiger partial charge < -0.3 is 9.47 Å². The third-order valence-corrected chi connectivity index (χ3v) is 10.8. The van der Waals surface area contributed by atoms with Crippen LogP contribution in [0.15, 0.2) is 231 Å². The predicted molar refractivity (Wildman–Crippen MR) is 237 cm³/mol. The first-order chi connectivity index (χ1) is 27.8. The fourth-order valence-electron chi connectivity index (χ4n) is 8.18. The first-order valence-electron chi connectivity index (χ1n) is 19.2. The van der Waals surface area contributed by atoms with Crippen LogP contribution in [-0.4, -0.2) is 4.57 Å². The standard InChI is InChI=1S/C54H38N2/c1-4-16-39(17-5-1)41-30-34-45(35-31-41)55(47-23-14-22-44(38-47)40-18-6-2-7-19-40)46-36-32-42(33-37-46)48-26-15-29-53(54(48)43-20-8-3-9-21-43)56-51-27-12-10-24-49(51)50-25-11-13-28-52(50)56/h1-38H. The minimum absolute atomic E-state index is 1.09. The number of para-hydroxylation sites is 2. The molecule has 0 saturated carbocycles. The Hall–Kier alpha value is -7.42. The van der Waals surface area contributed by atoms with Gasteiger partial charge in [0.2, 0.25) is 0 Å². The molecule has 0 N–H and O–H groups in total. The molecule has 1 aromatic heterocycles. The van der Waals surface area contributed by atoms with Crippen molar-refractivity contribution in [3.63, 3.8) is 0 Å². The molecule has 0 aliphatic rings. The molecule has 0 amide bonds. The molecule has 0 spiro atoms. The van der Waals surface area contributed by atoms with Crippen LogP contribution in [-0.2, 0) is 0 Å². The Morgan fingerprint density at radius 1 is 0.286 bits per heavy atom. The topological polar surface area (TPSA) is 8.17 Å². The summed E-state index contributed by atoms with van der Waals surface area (Å²) in [5.74, 6) is 0. The molecule has 2 heteroatoms. The molecule has 0 saturated heterocycles. The average molecular weight is 715 g/mol. The Kier molecular flexibility index (Phi) is 8.55. The molecule has 1 heterocycles. The molecule has 9 aromatic carbocycles. The number of anilines is 3. The van der Waals surface area contributed by atoms with Gasteiger partial charge in [-0.25, -0.2) is 0 Å². The quantitative estimate of drug-likeness (QED) is 0.152. The number of nitrogens with zero attached hydrogens (tertiary/aromatic N) is 2. The van der Waals surface area contributed by atoms with Crippen molar-refractivity contribution < 1.29 is 0 Å². The Morgan fingerprint density at radius 2 is 0.732 bits per heavy atom. The molecule has 0 radical (unpaired) electrons. The average Bonchev–Trinajstić information content (AvgIpc) is 3.62.